The number of hydrogen-bond donors (Lipinski definition) is 1. The van der Waals surface area contributed by atoms with Crippen molar-refractivity contribution < 1.29 is 13.2 Å². The first-order chi connectivity index (χ1) is 13.8. The van der Waals surface area contributed by atoms with E-state index in [0.717, 1.165) is 5.56 Å². The van der Waals surface area contributed by atoms with Crippen LogP contribution in [0.4, 0.5) is 0 Å². The Kier molecular flexibility index (Phi) is 4.74. The first kappa shape index (κ1) is 19.3. The van der Waals surface area contributed by atoms with E-state index < -0.39 is 21.3 Å². The van der Waals surface area contributed by atoms with Crippen LogP contribution in [0.2, 0.25) is 0 Å². The van der Waals surface area contributed by atoms with E-state index in [1.807, 2.05) is 30.3 Å². The van der Waals surface area contributed by atoms with Gasteiger partial charge >= 0.3 is 0 Å². The molecular formula is C21H21N3O4S. The van der Waals surface area contributed by atoms with Gasteiger partial charge in [-0.2, -0.15) is 5.10 Å². The van der Waals surface area contributed by atoms with Gasteiger partial charge in [-0.1, -0.05) is 48.5 Å². The first-order valence-corrected chi connectivity index (χ1v) is 11.2. The molecule has 1 saturated heterocycles. The van der Waals surface area contributed by atoms with E-state index >= 15 is 0 Å². The first-order valence-electron chi connectivity index (χ1n) is 9.33. The number of aromatic nitrogens is 2. The summed E-state index contributed by atoms with van der Waals surface area (Å²) in [6.45, 7) is 1.95. The van der Waals surface area contributed by atoms with Gasteiger partial charge in [0, 0.05) is 5.39 Å². The van der Waals surface area contributed by atoms with E-state index in [1.54, 1.807) is 31.2 Å². The molecule has 8 heteroatoms. The van der Waals surface area contributed by atoms with Gasteiger partial charge in [0.05, 0.1) is 29.0 Å². The van der Waals surface area contributed by atoms with Crippen molar-refractivity contribution in [1.82, 2.24) is 15.1 Å². The number of rotatable bonds is 4. The summed E-state index contributed by atoms with van der Waals surface area (Å²) in [5.74, 6) is -0.540. The summed E-state index contributed by atoms with van der Waals surface area (Å²) in [5.41, 5.74) is -0.131. The van der Waals surface area contributed by atoms with Gasteiger partial charge in [-0.3, -0.25) is 9.59 Å². The van der Waals surface area contributed by atoms with Crippen molar-refractivity contribution in [1.29, 1.82) is 0 Å². The molecule has 0 saturated carbocycles. The molecule has 1 fully saturated rings. The molecule has 0 aliphatic carbocycles. The fourth-order valence-corrected chi connectivity index (χ4v) is 5.80. The zero-order chi connectivity index (χ0) is 20.6. The topological polar surface area (TPSA) is 98.1 Å². The maximum absolute atomic E-state index is 13.1. The Balaban J connectivity index is 1.76. The second-order valence-corrected chi connectivity index (χ2v) is 9.88. The van der Waals surface area contributed by atoms with Gasteiger partial charge in [0.15, 0.2) is 15.5 Å². The minimum atomic E-state index is -3.17. The Labute approximate surface area is 168 Å². The van der Waals surface area contributed by atoms with Crippen molar-refractivity contribution in [2.45, 2.75) is 25.4 Å². The van der Waals surface area contributed by atoms with Gasteiger partial charge in [0.25, 0.3) is 11.5 Å². The normalized spacial score (nSPS) is 20.6. The van der Waals surface area contributed by atoms with Crippen molar-refractivity contribution in [3.05, 3.63) is 76.2 Å². The number of carbonyl (C=O) groups is 1. The van der Waals surface area contributed by atoms with Crippen LogP contribution in [0.15, 0.2) is 59.4 Å². The van der Waals surface area contributed by atoms with Crippen LogP contribution in [-0.2, 0) is 16.4 Å². The number of nitrogens with zero attached hydrogens (tertiary/aromatic N) is 2. The molecule has 150 valence electrons. The Morgan fingerprint density at radius 3 is 2.41 bits per heavy atom. The highest BCUT2D eigenvalue weighted by molar-refractivity contribution is 7.91. The molecule has 1 atom stereocenters. The maximum atomic E-state index is 13.1. The largest absolute Gasteiger partial charge is 0.344 e. The van der Waals surface area contributed by atoms with Crippen LogP contribution in [0.5, 0.6) is 0 Å². The highest BCUT2D eigenvalue weighted by Gasteiger charge is 2.40. The Morgan fingerprint density at radius 1 is 1.10 bits per heavy atom. The predicted molar refractivity (Wildman–Crippen MR) is 111 cm³/mol. The monoisotopic (exact) mass is 411 g/mol. The van der Waals surface area contributed by atoms with Crippen molar-refractivity contribution in [2.24, 2.45) is 0 Å². The standard InChI is InChI=1S/C21H21N3O4S/c1-21(11-12-29(27,28)14-21)22-19(25)18-16-9-5-6-10-17(16)20(26)24(23-18)13-15-7-3-2-4-8-15/h2-10H,11-14H2,1H3,(H,22,25)/t21-/m1/s1. The quantitative estimate of drug-likeness (QED) is 0.705. The molecule has 7 nitrogen and oxygen atoms in total. The average Bonchev–Trinajstić information content (AvgIpc) is 2.97. The summed E-state index contributed by atoms with van der Waals surface area (Å²) >= 11 is 0. The molecule has 4 rings (SSSR count). The number of sulfone groups is 1. The van der Waals surface area contributed by atoms with E-state index in [9.17, 15) is 18.0 Å². The van der Waals surface area contributed by atoms with Crippen LogP contribution in [0.1, 0.15) is 29.4 Å². The lowest BCUT2D eigenvalue weighted by Gasteiger charge is -2.24. The number of benzene rings is 2. The van der Waals surface area contributed by atoms with Crippen LogP contribution in [0.3, 0.4) is 0 Å². The van der Waals surface area contributed by atoms with Gasteiger partial charge < -0.3 is 5.32 Å². The summed E-state index contributed by atoms with van der Waals surface area (Å²) in [7, 11) is -3.17. The van der Waals surface area contributed by atoms with Gasteiger partial charge in [-0.25, -0.2) is 13.1 Å². The van der Waals surface area contributed by atoms with E-state index in [0.29, 0.717) is 17.2 Å². The molecule has 29 heavy (non-hydrogen) atoms. The molecule has 0 bridgehead atoms. The molecule has 0 spiro atoms. The lowest BCUT2D eigenvalue weighted by molar-refractivity contribution is 0.0910. The fourth-order valence-electron chi connectivity index (χ4n) is 3.71. The van der Waals surface area contributed by atoms with Crippen LogP contribution < -0.4 is 10.9 Å². The fraction of sp³-hybridized carbons (Fsp3) is 0.286. The van der Waals surface area contributed by atoms with Crippen LogP contribution in [0, 0.1) is 0 Å². The third-order valence-electron chi connectivity index (χ3n) is 5.18. The highest BCUT2D eigenvalue weighted by atomic mass is 32.2. The smallest absolute Gasteiger partial charge is 0.274 e. The van der Waals surface area contributed by atoms with Crippen molar-refractivity contribution in [2.75, 3.05) is 11.5 Å². The van der Waals surface area contributed by atoms with Crippen molar-refractivity contribution in [3.8, 4) is 0 Å². The van der Waals surface area contributed by atoms with E-state index in [2.05, 4.69) is 10.4 Å². The number of fused-ring (bicyclic) bond motifs is 1. The van der Waals surface area contributed by atoms with Gasteiger partial charge in [0.1, 0.15) is 0 Å². The maximum Gasteiger partial charge on any atom is 0.274 e. The van der Waals surface area contributed by atoms with E-state index in [1.165, 1.54) is 4.68 Å². The zero-order valence-corrected chi connectivity index (χ0v) is 16.8. The Morgan fingerprint density at radius 2 is 1.76 bits per heavy atom. The number of nitrogens with one attached hydrogen (secondary N) is 1. The molecule has 1 aromatic heterocycles. The summed E-state index contributed by atoms with van der Waals surface area (Å²) in [6, 6.07) is 16.2. The summed E-state index contributed by atoms with van der Waals surface area (Å²) in [4.78, 5) is 26.0. The second kappa shape index (κ2) is 7.11. The van der Waals surface area contributed by atoms with E-state index in [-0.39, 0.29) is 29.3 Å². The predicted octanol–water partition coefficient (Wildman–Crippen LogP) is 1.75. The van der Waals surface area contributed by atoms with Crippen molar-refractivity contribution in [3.63, 3.8) is 0 Å². The number of carbonyl (C=O) groups excluding carboxylic acids is 1. The Bertz CT molecular complexity index is 1250. The summed E-state index contributed by atoms with van der Waals surface area (Å²) in [5, 5.41) is 8.03. The van der Waals surface area contributed by atoms with Crippen molar-refractivity contribution >= 4 is 26.5 Å². The van der Waals surface area contributed by atoms with Crippen LogP contribution in [0.25, 0.3) is 10.8 Å². The minimum Gasteiger partial charge on any atom is -0.344 e. The zero-order valence-electron chi connectivity index (χ0n) is 16.0. The SMILES string of the molecule is C[C@@]1(NC(=O)c2nn(Cc3ccccc3)c(=O)c3ccccc23)CCS(=O)(=O)C1. The second-order valence-electron chi connectivity index (χ2n) is 7.70. The summed E-state index contributed by atoms with van der Waals surface area (Å²) in [6.07, 6.45) is 0.350. The Hall–Kier alpha value is -3.00. The molecule has 3 aromatic rings. The molecule has 1 aliphatic rings. The average molecular weight is 411 g/mol. The lowest BCUT2D eigenvalue weighted by Crippen LogP contribution is -2.47. The van der Waals surface area contributed by atoms with Gasteiger partial charge in [-0.05, 0) is 25.0 Å². The summed E-state index contributed by atoms with van der Waals surface area (Å²) < 4.78 is 25.0. The third kappa shape index (κ3) is 3.93. The minimum absolute atomic E-state index is 0.0471. The molecule has 1 aliphatic heterocycles. The van der Waals surface area contributed by atoms with Crippen LogP contribution in [-0.4, -0.2) is 41.2 Å². The van der Waals surface area contributed by atoms with Gasteiger partial charge in [0.2, 0.25) is 0 Å². The molecule has 1 N–H and O–H groups in total. The van der Waals surface area contributed by atoms with Gasteiger partial charge in [-0.15, -0.1) is 0 Å². The third-order valence-corrected chi connectivity index (χ3v) is 7.08. The lowest BCUT2D eigenvalue weighted by atomic mass is 10.0. The van der Waals surface area contributed by atoms with E-state index in [4.69, 9.17) is 0 Å². The molecule has 0 radical (unpaired) electrons. The molecule has 2 heterocycles. The number of hydrogen-bond acceptors (Lipinski definition) is 5. The highest BCUT2D eigenvalue weighted by Crippen LogP contribution is 2.24. The molecule has 1 amide bonds. The molecular weight excluding hydrogens is 390 g/mol. The number of amides is 1. The molecule has 0 unspecified atom stereocenters. The van der Waals surface area contributed by atoms with Crippen LogP contribution >= 0.6 is 0 Å². The molecule has 2 aromatic carbocycles.